The lowest BCUT2D eigenvalue weighted by atomic mass is 9.98. The average molecular weight is 1820 g/mol. The third kappa shape index (κ3) is 21.2. The fourth-order valence-electron chi connectivity index (χ4n) is 16.1. The molecule has 37 heteroatoms. The second-order valence-corrected chi connectivity index (χ2v) is 33.1. The number of nitrogens with one attached hydrogen (secondary N) is 2. The van der Waals surface area contributed by atoms with E-state index in [0.29, 0.717) is 176 Å². The molecule has 15 aromatic rings. The highest BCUT2D eigenvalue weighted by Gasteiger charge is 2.30. The van der Waals surface area contributed by atoms with E-state index >= 15 is 0 Å². The van der Waals surface area contributed by atoms with Gasteiger partial charge in [0.05, 0.1) is 60.6 Å². The van der Waals surface area contributed by atoms with Crippen LogP contribution in [-0.4, -0.2) is 246 Å². The number of nitrogens with zero attached hydrogens (tertiary/aromatic N) is 17. The monoisotopic (exact) mass is 1820 g/mol. The van der Waals surface area contributed by atoms with Crippen LogP contribution in [0.25, 0.3) is 101 Å². The predicted octanol–water partition coefficient (Wildman–Crippen LogP) is 12.9. The molecule has 7 aromatic carbocycles. The van der Waals surface area contributed by atoms with Gasteiger partial charge in [0.15, 0.2) is 46.1 Å². The zero-order valence-corrected chi connectivity index (χ0v) is 74.7. The highest BCUT2D eigenvalue weighted by molar-refractivity contribution is 6.61. The summed E-state index contributed by atoms with van der Waals surface area (Å²) in [6.07, 6.45) is 2.60. The number of nitrogens with two attached hydrogens (primary N) is 1. The summed E-state index contributed by atoms with van der Waals surface area (Å²) in [6, 6.07) is 50.2. The van der Waals surface area contributed by atoms with E-state index < -0.39 is 17.2 Å². The first-order valence-electron chi connectivity index (χ1n) is 43.5. The smallest absolute Gasteiger partial charge is 0.413 e. The first kappa shape index (κ1) is 91.4. The molecule has 19 rings (SSSR count). The second kappa shape index (κ2) is 41.0. The molecule has 0 aliphatic carbocycles. The highest BCUT2D eigenvalue weighted by Crippen LogP contribution is 2.42. The van der Waals surface area contributed by atoms with Crippen molar-refractivity contribution in [1.82, 2.24) is 84.3 Å². The number of aryl methyl sites for hydroxylation is 2. The first-order chi connectivity index (χ1) is 64.3. The van der Waals surface area contributed by atoms with Crippen LogP contribution in [0.4, 0.5) is 21.2 Å². The number of aromatic amines is 1. The Morgan fingerprint density at radius 3 is 1.50 bits per heavy atom. The number of furan rings is 2. The summed E-state index contributed by atoms with van der Waals surface area (Å²) in [5.74, 6) is 4.34. The lowest BCUT2D eigenvalue weighted by Gasteiger charge is -2.34. The van der Waals surface area contributed by atoms with Crippen molar-refractivity contribution >= 4 is 91.0 Å². The molecule has 3 amide bonds. The number of carbonyl (C=O) groups is 4. The third-order valence-electron chi connectivity index (χ3n) is 23.1. The Labute approximate surface area is 767 Å². The van der Waals surface area contributed by atoms with Gasteiger partial charge in [0.1, 0.15) is 63.6 Å². The summed E-state index contributed by atoms with van der Waals surface area (Å²) in [6.45, 7) is 23.3. The van der Waals surface area contributed by atoms with E-state index in [1.165, 1.54) is 22.3 Å². The van der Waals surface area contributed by atoms with E-state index in [0.717, 1.165) is 82.8 Å². The molecule has 0 spiro atoms. The number of morpholine rings is 2. The van der Waals surface area contributed by atoms with Gasteiger partial charge in [0.2, 0.25) is 23.2 Å². The number of aromatic nitrogens is 12. The van der Waals surface area contributed by atoms with Crippen LogP contribution < -0.4 is 36.0 Å². The van der Waals surface area contributed by atoms with E-state index in [9.17, 15) is 49.5 Å². The average Bonchev–Trinajstić information content (AvgIpc) is 1.61. The Hall–Kier alpha value is -15.0. The molecule has 133 heavy (non-hydrogen) atoms. The molecule has 686 valence electrons. The number of hydrogen-bond acceptors (Lipinski definition) is 30. The van der Waals surface area contributed by atoms with E-state index in [2.05, 4.69) is 72.1 Å². The van der Waals surface area contributed by atoms with Crippen molar-refractivity contribution in [2.75, 3.05) is 128 Å². The number of amides is 3. The van der Waals surface area contributed by atoms with Crippen LogP contribution in [0, 0.1) is 13.8 Å². The van der Waals surface area contributed by atoms with Crippen molar-refractivity contribution in [1.29, 1.82) is 0 Å². The van der Waals surface area contributed by atoms with Crippen molar-refractivity contribution in [2.45, 2.75) is 66.5 Å². The number of piperazine rings is 2. The predicted molar refractivity (Wildman–Crippen MR) is 499 cm³/mol. The molecule has 12 heterocycles. The van der Waals surface area contributed by atoms with Gasteiger partial charge in [-0.1, -0.05) is 93.9 Å². The van der Waals surface area contributed by atoms with Crippen LogP contribution in [0.3, 0.4) is 0 Å². The van der Waals surface area contributed by atoms with Crippen molar-refractivity contribution in [2.24, 2.45) is 5.73 Å². The van der Waals surface area contributed by atoms with Crippen LogP contribution in [0.15, 0.2) is 196 Å². The summed E-state index contributed by atoms with van der Waals surface area (Å²) in [5, 5.41) is 71.0. The number of carbonyl (C=O) groups excluding carboxylic acids is 4. The van der Waals surface area contributed by atoms with Gasteiger partial charge in [0, 0.05) is 145 Å². The minimum absolute atomic E-state index is 0.00398. The van der Waals surface area contributed by atoms with Crippen LogP contribution in [0.1, 0.15) is 73.2 Å². The van der Waals surface area contributed by atoms with Gasteiger partial charge in [-0.25, -0.2) is 54.0 Å². The number of aromatic hydroxyl groups is 5. The molecule has 4 fully saturated rings. The number of anilines is 2. The maximum atomic E-state index is 13.1. The molecule has 0 bridgehead atoms. The van der Waals surface area contributed by atoms with Gasteiger partial charge in [-0.2, -0.15) is 5.10 Å². The fourth-order valence-corrected chi connectivity index (χ4v) is 16.2. The van der Waals surface area contributed by atoms with Crippen LogP contribution >= 0.6 is 11.6 Å². The Morgan fingerprint density at radius 2 is 1.00 bits per heavy atom. The Morgan fingerprint density at radius 1 is 0.511 bits per heavy atom. The van der Waals surface area contributed by atoms with Gasteiger partial charge >= 0.3 is 17.2 Å². The standard InChI is InChI=1S/C44H44N10O8.C25H32N6O3.C19H16N4O3.C8H7ClO2/c1-26(2)32-22-33(35(56)23-34(32)55)40-49-50-43(58)54(40)29-10-8-27(9-11-29)25-51-13-15-52(16-14-51)36(57)24-46-44(59)61-30-6-3-5-28(21-30)39-47-37-31-7-4-12-45-42(31)62-38(37)41(48-39)53-17-19-60-20-18-53;1-16(2)20-12-21(23(33)13-22(20)32)25-28-27-17(3)31(25)19-6-4-18(5-7-19)15-29-8-10-30(11-9-29)24(34)14-26;24-13-4-1-3-12(11-13)17-21-15-14-5-2-6-20-19(14)26-16(15)18(22-17)23-7-9-25-10-8-23;1-6-2-4-7(5-3-6)11-8(9)10/h3-12,21-23,26,55-56H,13-20,24-25H2,1-2H3,(H,46,59)(H,50,58);4-7,12-13,16,32-33H,8-11,14-15,26H2,1-3H3;1-6,11,24H,7-10H2;2-5H,1H3. The highest BCUT2D eigenvalue weighted by atomic mass is 35.5. The van der Waals surface area contributed by atoms with Gasteiger partial charge in [0.25, 0.3) is 0 Å². The maximum Gasteiger partial charge on any atom is 0.413 e. The Bertz CT molecular complexity index is 6780. The van der Waals surface area contributed by atoms with Crippen molar-refractivity contribution in [3.05, 3.63) is 226 Å². The molecule has 4 saturated heterocycles. The van der Waals surface area contributed by atoms with Gasteiger partial charge < -0.3 is 84.0 Å². The van der Waals surface area contributed by atoms with E-state index in [-0.39, 0.29) is 77.1 Å². The zero-order chi connectivity index (χ0) is 93.1. The van der Waals surface area contributed by atoms with E-state index in [4.69, 9.17) is 60.3 Å². The summed E-state index contributed by atoms with van der Waals surface area (Å²) in [7, 11) is 0. The molecule has 4 aliphatic heterocycles. The number of hydrogen-bond donors (Lipinski definition) is 8. The minimum atomic E-state index is -0.811. The topological polar surface area (TPSA) is 449 Å². The number of pyridine rings is 2. The van der Waals surface area contributed by atoms with Crippen LogP contribution in [0.2, 0.25) is 0 Å². The van der Waals surface area contributed by atoms with Crippen LogP contribution in [-0.2, 0) is 32.2 Å². The Balaban J connectivity index is 0.000000151. The van der Waals surface area contributed by atoms with Crippen molar-refractivity contribution in [3.63, 3.8) is 0 Å². The summed E-state index contributed by atoms with van der Waals surface area (Å²) >= 11 is 4.99. The van der Waals surface area contributed by atoms with Gasteiger partial charge in [-0.15, -0.1) is 10.2 Å². The molecule has 0 saturated carbocycles. The number of phenolic OH excluding ortho intramolecular Hbond substituents is 5. The number of rotatable bonds is 19. The zero-order valence-electron chi connectivity index (χ0n) is 73.9. The van der Waals surface area contributed by atoms with Gasteiger partial charge in [-0.3, -0.25) is 24.0 Å². The van der Waals surface area contributed by atoms with E-state index in [1.807, 2.05) is 136 Å². The molecular weight excluding hydrogens is 1720 g/mol. The van der Waals surface area contributed by atoms with Crippen molar-refractivity contribution < 1.29 is 72.5 Å². The Kier molecular flexibility index (Phi) is 28.2. The summed E-state index contributed by atoms with van der Waals surface area (Å²) in [5.41, 5.74) is 16.0. The molecule has 0 atom stereocenters. The summed E-state index contributed by atoms with van der Waals surface area (Å²) < 4.78 is 36.6. The number of ether oxygens (including phenoxy) is 4. The molecule has 36 nitrogen and oxygen atoms in total. The second-order valence-electron chi connectivity index (χ2n) is 32.8. The molecule has 0 radical (unpaired) electrons. The largest absolute Gasteiger partial charge is 0.508 e. The van der Waals surface area contributed by atoms with Crippen molar-refractivity contribution in [3.8, 4) is 97.2 Å². The maximum absolute atomic E-state index is 13.1. The lowest BCUT2D eigenvalue weighted by Crippen LogP contribution is -2.51. The number of phenols is 5. The minimum Gasteiger partial charge on any atom is -0.508 e. The first-order valence-corrected chi connectivity index (χ1v) is 43.9. The summed E-state index contributed by atoms with van der Waals surface area (Å²) in [4.78, 5) is 101. The third-order valence-corrected chi connectivity index (χ3v) is 23.2. The van der Waals surface area contributed by atoms with Crippen LogP contribution in [0.5, 0.6) is 40.2 Å². The molecule has 9 N–H and O–H groups in total. The fraction of sp³-hybridized carbons (Fsp3) is 0.292. The number of halogens is 1. The van der Waals surface area contributed by atoms with E-state index in [1.54, 1.807) is 78.0 Å². The quantitative estimate of drug-likeness (QED) is 0.0349. The van der Waals surface area contributed by atoms with Gasteiger partial charge in [-0.05, 0) is 145 Å². The number of benzene rings is 7. The molecule has 0 unspecified atom stereocenters. The molecular formula is C96H99ClN20O16. The SMILES string of the molecule is CC(C)c1cc(-c2n[nH]c(=O)n2-c2ccc(CN3CCN(C(=O)CNC(=O)Oc4cccc(-c5nc(N6CCOCC6)c6oc7ncccc7c6n5)c4)CC3)cc2)c(O)cc1O.Cc1ccc(OC(=O)Cl)cc1.Cc1nnc(-c2cc(C(C)C)c(O)cc2O)n1-c1ccc(CN2CCN(C(=O)CN)CC2)cc1.Oc1cccc(-c2nc(N3CCOCC3)c3oc4ncccc4c3n2)c1. The number of H-pyrrole nitrogens is 1. The molecule has 8 aromatic heterocycles. The number of fused-ring (bicyclic) bond motifs is 6. The normalized spacial score (nSPS) is 14.4. The molecule has 4 aliphatic rings. The lowest BCUT2D eigenvalue weighted by molar-refractivity contribution is -0.132.